The Hall–Kier alpha value is -2.49. The number of rotatable bonds is 9. The number of amides is 2. The Morgan fingerprint density at radius 3 is 2.47 bits per heavy atom. The number of carbonyl (C=O) groups is 3. The summed E-state index contributed by atoms with van der Waals surface area (Å²) in [5, 5.41) is 10.4. The van der Waals surface area contributed by atoms with E-state index in [9.17, 15) is 14.4 Å². The van der Waals surface area contributed by atoms with Crippen molar-refractivity contribution < 1.29 is 28.3 Å². The number of aryl methyl sites for hydroxylation is 1. The third-order valence-corrected chi connectivity index (χ3v) is 6.10. The molecule has 178 valence electrons. The average Bonchev–Trinajstić information content (AvgIpc) is 3.32. The number of Topliss-reactive ketones (excluding diaryl/α,β-unsaturated/α-hetero) is 1. The van der Waals surface area contributed by atoms with Crippen molar-refractivity contribution in [1.82, 2.24) is 20.4 Å². The van der Waals surface area contributed by atoms with Gasteiger partial charge in [0.05, 0.1) is 19.3 Å². The molecule has 0 spiro atoms. The highest BCUT2D eigenvalue weighted by molar-refractivity contribution is 5.99. The lowest BCUT2D eigenvalue weighted by atomic mass is 9.85. The molecule has 2 amide bonds. The van der Waals surface area contributed by atoms with E-state index in [1.807, 2.05) is 6.92 Å². The minimum atomic E-state index is -0.954. The zero-order valence-corrected chi connectivity index (χ0v) is 19.0. The SMILES string of the molecule is CCc1nnc(C(=O)[C@@H](CC)NC(=O)[C@@H](CC2CCCCC2)OC(=O)N2CCOCC2)o1. The summed E-state index contributed by atoms with van der Waals surface area (Å²) in [6.07, 6.45) is 5.29. The molecular formula is C22H34N4O6. The first-order valence-electron chi connectivity index (χ1n) is 11.7. The van der Waals surface area contributed by atoms with Crippen molar-refractivity contribution in [2.24, 2.45) is 5.92 Å². The Morgan fingerprint density at radius 1 is 1.12 bits per heavy atom. The van der Waals surface area contributed by atoms with Crippen molar-refractivity contribution in [3.8, 4) is 0 Å². The summed E-state index contributed by atoms with van der Waals surface area (Å²) in [6.45, 7) is 5.40. The van der Waals surface area contributed by atoms with E-state index in [4.69, 9.17) is 13.9 Å². The van der Waals surface area contributed by atoms with Crippen LogP contribution in [0, 0.1) is 5.92 Å². The molecular weight excluding hydrogens is 416 g/mol. The van der Waals surface area contributed by atoms with E-state index < -0.39 is 29.9 Å². The van der Waals surface area contributed by atoms with E-state index in [0.29, 0.717) is 57.4 Å². The van der Waals surface area contributed by atoms with Crippen molar-refractivity contribution in [2.45, 2.75) is 77.4 Å². The van der Waals surface area contributed by atoms with Gasteiger partial charge in [0.1, 0.15) is 0 Å². The topological polar surface area (TPSA) is 124 Å². The first-order chi connectivity index (χ1) is 15.5. The standard InChI is InChI=1S/C22H34N4O6/c1-3-16(19(27)21-25-24-18(4-2)32-21)23-20(28)17(14-15-8-6-5-7-9-15)31-22(29)26-10-12-30-13-11-26/h15-17H,3-14H2,1-2H3,(H,23,28)/t16-,17-/m1/s1. The van der Waals surface area contributed by atoms with Gasteiger partial charge >= 0.3 is 6.09 Å². The van der Waals surface area contributed by atoms with Gasteiger partial charge in [-0.3, -0.25) is 9.59 Å². The number of aromatic nitrogens is 2. The van der Waals surface area contributed by atoms with Crippen molar-refractivity contribution >= 4 is 17.8 Å². The van der Waals surface area contributed by atoms with Crippen LogP contribution in [-0.2, 0) is 20.7 Å². The highest BCUT2D eigenvalue weighted by Crippen LogP contribution is 2.28. The number of morpholine rings is 1. The number of ether oxygens (including phenoxy) is 2. The van der Waals surface area contributed by atoms with Gasteiger partial charge in [-0.2, -0.15) is 0 Å². The minimum Gasteiger partial charge on any atom is -0.436 e. The fraction of sp³-hybridized carbons (Fsp3) is 0.773. The number of carbonyl (C=O) groups excluding carboxylic acids is 3. The predicted molar refractivity (Wildman–Crippen MR) is 114 cm³/mol. The van der Waals surface area contributed by atoms with Gasteiger partial charge in [0.2, 0.25) is 11.7 Å². The summed E-state index contributed by atoms with van der Waals surface area (Å²) in [4.78, 5) is 40.2. The molecule has 0 bridgehead atoms. The summed E-state index contributed by atoms with van der Waals surface area (Å²) in [5.74, 6) is -0.348. The molecule has 2 fully saturated rings. The number of nitrogens with zero attached hydrogens (tertiary/aromatic N) is 3. The van der Waals surface area contributed by atoms with Crippen LogP contribution in [0.2, 0.25) is 0 Å². The van der Waals surface area contributed by atoms with E-state index in [1.54, 1.807) is 11.8 Å². The first kappa shape index (κ1) is 24.2. The molecule has 1 aliphatic heterocycles. The maximum Gasteiger partial charge on any atom is 0.410 e. The second-order valence-corrected chi connectivity index (χ2v) is 8.40. The molecule has 3 rings (SSSR count). The van der Waals surface area contributed by atoms with Crippen molar-refractivity contribution in [2.75, 3.05) is 26.3 Å². The molecule has 0 aromatic carbocycles. The van der Waals surface area contributed by atoms with E-state index in [2.05, 4.69) is 15.5 Å². The number of hydrogen-bond donors (Lipinski definition) is 1. The van der Waals surface area contributed by atoms with E-state index in [-0.39, 0.29) is 5.89 Å². The molecule has 1 saturated carbocycles. The minimum absolute atomic E-state index is 0.122. The molecule has 2 atom stereocenters. The highest BCUT2D eigenvalue weighted by Gasteiger charge is 2.33. The van der Waals surface area contributed by atoms with Crippen molar-refractivity contribution in [1.29, 1.82) is 0 Å². The fourth-order valence-electron chi connectivity index (χ4n) is 4.14. The molecule has 0 unspecified atom stereocenters. The molecule has 1 saturated heterocycles. The largest absolute Gasteiger partial charge is 0.436 e. The Morgan fingerprint density at radius 2 is 1.84 bits per heavy atom. The van der Waals surface area contributed by atoms with Gasteiger partial charge in [0, 0.05) is 19.5 Å². The van der Waals surface area contributed by atoms with E-state index >= 15 is 0 Å². The van der Waals surface area contributed by atoms with Crippen LogP contribution in [0.15, 0.2) is 4.42 Å². The fourth-order valence-corrected chi connectivity index (χ4v) is 4.14. The maximum absolute atomic E-state index is 13.2. The highest BCUT2D eigenvalue weighted by atomic mass is 16.6. The van der Waals surface area contributed by atoms with Gasteiger partial charge in [-0.25, -0.2) is 4.79 Å². The van der Waals surface area contributed by atoms with Crippen molar-refractivity contribution in [3.05, 3.63) is 11.8 Å². The molecule has 2 heterocycles. The van der Waals surface area contributed by atoms with Crippen LogP contribution < -0.4 is 5.32 Å². The third kappa shape index (κ3) is 6.51. The van der Waals surface area contributed by atoms with Crippen molar-refractivity contribution in [3.63, 3.8) is 0 Å². The summed E-state index contributed by atoms with van der Waals surface area (Å²) in [6, 6.07) is -0.830. The lowest BCUT2D eigenvalue weighted by Gasteiger charge is -2.30. The van der Waals surface area contributed by atoms with Crippen LogP contribution in [0.5, 0.6) is 0 Å². The number of hydrogen-bond acceptors (Lipinski definition) is 8. The second-order valence-electron chi connectivity index (χ2n) is 8.40. The molecule has 1 aromatic rings. The first-order valence-corrected chi connectivity index (χ1v) is 11.7. The Bertz CT molecular complexity index is 770. The van der Waals surface area contributed by atoms with Crippen LogP contribution in [0.3, 0.4) is 0 Å². The molecule has 1 aliphatic carbocycles. The summed E-state index contributed by atoms with van der Waals surface area (Å²) < 4.78 is 16.3. The van der Waals surface area contributed by atoms with Gasteiger partial charge in [-0.05, 0) is 18.8 Å². The quantitative estimate of drug-likeness (QED) is 0.569. The smallest absolute Gasteiger partial charge is 0.410 e. The number of ketones is 1. The molecule has 1 N–H and O–H groups in total. The normalized spacial score (nSPS) is 19.2. The van der Waals surface area contributed by atoms with Gasteiger partial charge in [0.15, 0.2) is 6.10 Å². The van der Waals surface area contributed by atoms with Crippen LogP contribution in [-0.4, -0.2) is 71.3 Å². The molecule has 2 aliphatic rings. The second kappa shape index (κ2) is 11.9. The Balaban J connectivity index is 1.67. The Kier molecular flexibility index (Phi) is 9.01. The lowest BCUT2D eigenvalue weighted by Crippen LogP contribution is -2.49. The predicted octanol–water partition coefficient (Wildman–Crippen LogP) is 2.52. The van der Waals surface area contributed by atoms with Gasteiger partial charge in [-0.1, -0.05) is 46.0 Å². The monoisotopic (exact) mass is 450 g/mol. The van der Waals surface area contributed by atoms with Crippen LogP contribution >= 0.6 is 0 Å². The van der Waals surface area contributed by atoms with Crippen LogP contribution in [0.1, 0.15) is 75.4 Å². The number of nitrogens with one attached hydrogen (secondary N) is 1. The average molecular weight is 451 g/mol. The zero-order chi connectivity index (χ0) is 22.9. The van der Waals surface area contributed by atoms with Gasteiger partial charge < -0.3 is 24.1 Å². The zero-order valence-electron chi connectivity index (χ0n) is 19.0. The van der Waals surface area contributed by atoms with E-state index in [0.717, 1.165) is 25.7 Å². The summed E-state index contributed by atoms with van der Waals surface area (Å²) in [5.41, 5.74) is 0. The molecule has 10 nitrogen and oxygen atoms in total. The maximum atomic E-state index is 13.2. The Labute approximate surface area is 188 Å². The summed E-state index contributed by atoms with van der Waals surface area (Å²) in [7, 11) is 0. The van der Waals surface area contributed by atoms with Gasteiger partial charge in [0.25, 0.3) is 11.8 Å². The molecule has 10 heteroatoms. The lowest BCUT2D eigenvalue weighted by molar-refractivity contribution is -0.132. The van der Waals surface area contributed by atoms with Crippen LogP contribution in [0.25, 0.3) is 0 Å². The molecule has 32 heavy (non-hydrogen) atoms. The molecule has 0 radical (unpaired) electrons. The van der Waals surface area contributed by atoms with Gasteiger partial charge in [-0.15, -0.1) is 10.2 Å². The van der Waals surface area contributed by atoms with Crippen LogP contribution in [0.4, 0.5) is 4.79 Å². The third-order valence-electron chi connectivity index (χ3n) is 6.10. The summed E-state index contributed by atoms with van der Waals surface area (Å²) >= 11 is 0. The molecule has 1 aromatic heterocycles. The van der Waals surface area contributed by atoms with E-state index in [1.165, 1.54) is 6.42 Å².